The van der Waals surface area contributed by atoms with E-state index in [1.165, 1.54) is 27.3 Å². The van der Waals surface area contributed by atoms with E-state index < -0.39 is 28.6 Å². The Morgan fingerprint density at radius 2 is 1.97 bits per heavy atom. The zero-order valence-corrected chi connectivity index (χ0v) is 21.3. The minimum atomic E-state index is -0.813. The number of thiophene rings is 1. The van der Waals surface area contributed by atoms with Gasteiger partial charge in [0.25, 0.3) is 5.56 Å². The topological polar surface area (TPSA) is 103 Å². The summed E-state index contributed by atoms with van der Waals surface area (Å²) in [6, 6.07) is 6.08. The van der Waals surface area contributed by atoms with E-state index in [1.807, 2.05) is 6.07 Å². The highest BCUT2D eigenvalue weighted by molar-refractivity contribution is 7.20. The summed E-state index contributed by atoms with van der Waals surface area (Å²) in [5.41, 5.74) is -0.811. The van der Waals surface area contributed by atoms with Crippen molar-refractivity contribution in [2.24, 2.45) is 0 Å². The van der Waals surface area contributed by atoms with Crippen molar-refractivity contribution in [3.05, 3.63) is 60.9 Å². The quantitative estimate of drug-likeness (QED) is 0.340. The molecule has 0 bridgehead atoms. The standard InChI is InChI=1S/C25H28FN3O5S/c1-6-33-23(31)20-15(2)19-21(30)29(25(3,4)5)24(32)28(22(19)35-20)12-10-16-14-17(26)8-9-18(16)34-13-7-11-27/h8-9,14H,6-7,10,12-13H2,1-5H3. The maximum absolute atomic E-state index is 14.0. The Hall–Kier alpha value is -3.45. The number of hydrogen-bond donors (Lipinski definition) is 0. The zero-order valence-electron chi connectivity index (χ0n) is 20.4. The van der Waals surface area contributed by atoms with Crippen LogP contribution in [0.3, 0.4) is 0 Å². The van der Waals surface area contributed by atoms with E-state index in [-0.39, 0.29) is 42.9 Å². The second kappa shape index (κ2) is 10.4. The van der Waals surface area contributed by atoms with Crippen LogP contribution in [-0.2, 0) is 23.2 Å². The number of carbonyl (C=O) groups is 1. The molecule has 0 saturated heterocycles. The molecule has 0 aliphatic carbocycles. The van der Waals surface area contributed by atoms with Gasteiger partial charge >= 0.3 is 11.7 Å². The predicted molar refractivity (Wildman–Crippen MR) is 132 cm³/mol. The van der Waals surface area contributed by atoms with Crippen molar-refractivity contribution in [1.29, 1.82) is 5.26 Å². The van der Waals surface area contributed by atoms with Crippen LogP contribution < -0.4 is 16.0 Å². The number of hydrogen-bond acceptors (Lipinski definition) is 7. The molecule has 0 radical (unpaired) electrons. The average molecular weight is 502 g/mol. The summed E-state index contributed by atoms with van der Waals surface area (Å²) in [4.78, 5) is 40.1. The molecule has 0 aliphatic rings. The predicted octanol–water partition coefficient (Wildman–Crippen LogP) is 4.14. The fourth-order valence-electron chi connectivity index (χ4n) is 3.85. The Kier molecular flexibility index (Phi) is 7.80. The fourth-order valence-corrected chi connectivity index (χ4v) is 5.06. The number of carbonyl (C=O) groups excluding carboxylic acids is 1. The van der Waals surface area contributed by atoms with Crippen LogP contribution in [-0.4, -0.2) is 28.3 Å². The molecule has 1 aromatic carbocycles. The number of benzene rings is 1. The van der Waals surface area contributed by atoms with E-state index >= 15 is 0 Å². The second-order valence-corrected chi connectivity index (χ2v) is 9.96. The third-order valence-electron chi connectivity index (χ3n) is 5.44. The van der Waals surface area contributed by atoms with Gasteiger partial charge in [0.2, 0.25) is 0 Å². The average Bonchev–Trinajstić information content (AvgIpc) is 3.11. The number of halogens is 1. The van der Waals surface area contributed by atoms with Gasteiger partial charge in [-0.3, -0.25) is 13.9 Å². The summed E-state index contributed by atoms with van der Waals surface area (Å²) >= 11 is 1.04. The molecule has 186 valence electrons. The summed E-state index contributed by atoms with van der Waals surface area (Å²) in [5.74, 6) is -0.587. The SMILES string of the molecule is CCOC(=O)c1sc2c(c1C)c(=O)n(C(C)(C)C)c(=O)n2CCc1cc(F)ccc1OCCC#N. The summed E-state index contributed by atoms with van der Waals surface area (Å²) in [6.07, 6.45) is 0.404. The van der Waals surface area contributed by atoms with Gasteiger partial charge in [-0.1, -0.05) is 0 Å². The Bertz CT molecular complexity index is 1420. The summed E-state index contributed by atoms with van der Waals surface area (Å²) in [6.45, 7) is 9.09. The van der Waals surface area contributed by atoms with Gasteiger partial charge < -0.3 is 9.47 Å². The van der Waals surface area contributed by atoms with Gasteiger partial charge in [0.15, 0.2) is 0 Å². The van der Waals surface area contributed by atoms with E-state index in [1.54, 1.807) is 34.6 Å². The van der Waals surface area contributed by atoms with Crippen molar-refractivity contribution >= 4 is 27.5 Å². The normalized spacial score (nSPS) is 11.5. The molecule has 8 nitrogen and oxygen atoms in total. The molecule has 0 amide bonds. The molecule has 0 unspecified atom stereocenters. The molecule has 0 aliphatic heterocycles. The molecule has 0 N–H and O–H groups in total. The van der Waals surface area contributed by atoms with E-state index in [2.05, 4.69) is 0 Å². The Morgan fingerprint density at radius 3 is 2.60 bits per heavy atom. The minimum absolute atomic E-state index is 0.117. The lowest BCUT2D eigenvalue weighted by Crippen LogP contribution is -2.47. The number of nitrogens with zero attached hydrogens (tertiary/aromatic N) is 3. The maximum Gasteiger partial charge on any atom is 0.348 e. The molecule has 35 heavy (non-hydrogen) atoms. The van der Waals surface area contributed by atoms with Crippen LogP contribution in [0, 0.1) is 24.1 Å². The highest BCUT2D eigenvalue weighted by Gasteiger charge is 2.27. The van der Waals surface area contributed by atoms with E-state index in [0.717, 1.165) is 11.3 Å². The largest absolute Gasteiger partial charge is 0.492 e. The first kappa shape index (κ1) is 26.2. The first-order valence-corrected chi connectivity index (χ1v) is 12.1. The highest BCUT2D eigenvalue weighted by atomic mass is 32.1. The highest BCUT2D eigenvalue weighted by Crippen LogP contribution is 2.30. The van der Waals surface area contributed by atoms with Crippen molar-refractivity contribution in [2.75, 3.05) is 13.2 Å². The molecule has 2 heterocycles. The molecule has 0 atom stereocenters. The van der Waals surface area contributed by atoms with Gasteiger partial charge in [-0.25, -0.2) is 14.0 Å². The lowest BCUT2D eigenvalue weighted by atomic mass is 10.1. The lowest BCUT2D eigenvalue weighted by molar-refractivity contribution is 0.0531. The first-order chi connectivity index (χ1) is 16.5. The van der Waals surface area contributed by atoms with Crippen molar-refractivity contribution in [3.63, 3.8) is 0 Å². The van der Waals surface area contributed by atoms with Crippen LogP contribution in [0.4, 0.5) is 4.39 Å². The van der Waals surface area contributed by atoms with Gasteiger partial charge in [-0.2, -0.15) is 5.26 Å². The van der Waals surface area contributed by atoms with Crippen LogP contribution in [0.5, 0.6) is 5.75 Å². The van der Waals surface area contributed by atoms with Crippen molar-refractivity contribution in [2.45, 2.75) is 59.5 Å². The maximum atomic E-state index is 14.0. The molecule has 2 aromatic heterocycles. The minimum Gasteiger partial charge on any atom is -0.492 e. The molecular weight excluding hydrogens is 473 g/mol. The van der Waals surface area contributed by atoms with Gasteiger partial charge in [0.05, 0.1) is 24.5 Å². The Labute approximate surface area is 206 Å². The number of rotatable bonds is 8. The molecule has 0 spiro atoms. The van der Waals surface area contributed by atoms with Crippen molar-refractivity contribution in [1.82, 2.24) is 9.13 Å². The van der Waals surface area contributed by atoms with E-state index in [4.69, 9.17) is 14.7 Å². The Balaban J connectivity index is 2.17. The molecule has 3 aromatic rings. The summed E-state index contributed by atoms with van der Waals surface area (Å²) < 4.78 is 27.4. The number of fused-ring (bicyclic) bond motifs is 1. The third kappa shape index (κ3) is 5.30. The molecular formula is C25H28FN3O5S. The number of nitriles is 1. The van der Waals surface area contributed by atoms with E-state index in [9.17, 15) is 18.8 Å². The smallest absolute Gasteiger partial charge is 0.348 e. The number of aryl methyl sites for hydroxylation is 3. The van der Waals surface area contributed by atoms with Crippen molar-refractivity contribution in [3.8, 4) is 11.8 Å². The van der Waals surface area contributed by atoms with Crippen LogP contribution in [0.15, 0.2) is 27.8 Å². The second-order valence-electron chi connectivity index (χ2n) is 8.96. The first-order valence-electron chi connectivity index (χ1n) is 11.3. The number of ether oxygens (including phenoxy) is 2. The summed E-state index contributed by atoms with van der Waals surface area (Å²) in [7, 11) is 0. The molecule has 10 heteroatoms. The third-order valence-corrected chi connectivity index (χ3v) is 6.74. The molecule has 0 saturated carbocycles. The van der Waals surface area contributed by atoms with Gasteiger partial charge in [0, 0.05) is 12.1 Å². The van der Waals surface area contributed by atoms with Gasteiger partial charge in [-0.05, 0) is 70.4 Å². The van der Waals surface area contributed by atoms with Crippen LogP contribution in [0.25, 0.3) is 10.2 Å². The summed E-state index contributed by atoms with van der Waals surface area (Å²) in [5, 5.41) is 9.05. The van der Waals surface area contributed by atoms with Gasteiger partial charge in [-0.15, -0.1) is 11.3 Å². The van der Waals surface area contributed by atoms with Gasteiger partial charge in [0.1, 0.15) is 27.9 Å². The van der Waals surface area contributed by atoms with Crippen LogP contribution in [0.2, 0.25) is 0 Å². The number of esters is 1. The fraction of sp³-hybridized carbons (Fsp3) is 0.440. The Morgan fingerprint density at radius 1 is 1.26 bits per heavy atom. The van der Waals surface area contributed by atoms with Crippen LogP contribution >= 0.6 is 11.3 Å². The molecule has 0 fully saturated rings. The van der Waals surface area contributed by atoms with Crippen molar-refractivity contribution < 1.29 is 18.7 Å². The number of aromatic nitrogens is 2. The lowest BCUT2D eigenvalue weighted by Gasteiger charge is -2.23. The monoisotopic (exact) mass is 501 g/mol. The molecule has 3 rings (SSSR count). The van der Waals surface area contributed by atoms with Crippen LogP contribution in [0.1, 0.15) is 54.9 Å². The van der Waals surface area contributed by atoms with E-state index in [0.29, 0.717) is 21.7 Å². The zero-order chi connectivity index (χ0) is 25.9.